The van der Waals surface area contributed by atoms with Crippen LogP contribution in [0.15, 0.2) is 0 Å². The van der Waals surface area contributed by atoms with Crippen LogP contribution in [0.3, 0.4) is 0 Å². The van der Waals surface area contributed by atoms with Crippen molar-refractivity contribution in [2.45, 2.75) is 25.9 Å². The van der Waals surface area contributed by atoms with Crippen LogP contribution in [0.4, 0.5) is 4.79 Å². The molecule has 1 aliphatic heterocycles. The molecular formula is C13H24N2O5. The number of carboxylic acid groups (broad SMARTS) is 1. The molecule has 20 heavy (non-hydrogen) atoms. The fraction of sp³-hybridized carbons (Fsp3) is 0.846. The van der Waals surface area contributed by atoms with Crippen LogP contribution >= 0.6 is 0 Å². The van der Waals surface area contributed by atoms with Crippen molar-refractivity contribution in [1.29, 1.82) is 0 Å². The second-order valence-corrected chi connectivity index (χ2v) is 5.22. The number of ether oxygens (including phenoxy) is 2. The van der Waals surface area contributed by atoms with Crippen molar-refractivity contribution in [3.63, 3.8) is 0 Å². The molecule has 0 aliphatic carbocycles. The maximum Gasteiger partial charge on any atom is 0.320 e. The predicted octanol–water partition coefficient (Wildman–Crippen LogP) is 0.495. The Morgan fingerprint density at radius 1 is 1.40 bits per heavy atom. The summed E-state index contributed by atoms with van der Waals surface area (Å²) in [7, 11) is 3.21. The average molecular weight is 288 g/mol. The lowest BCUT2D eigenvalue weighted by atomic mass is 10.0. The maximum atomic E-state index is 12.5. The van der Waals surface area contributed by atoms with E-state index in [1.165, 1.54) is 4.90 Å². The van der Waals surface area contributed by atoms with E-state index in [0.29, 0.717) is 13.2 Å². The standard InChI is InChI=1S/C13H24N2O5/c1-9(2)15(5-6-19-4)13(18)14(3)11-8-20-7-10(11)12(16)17/h9-11H,5-8H2,1-4H3,(H,16,17). The first-order valence-corrected chi connectivity index (χ1v) is 6.73. The van der Waals surface area contributed by atoms with E-state index in [9.17, 15) is 9.59 Å². The number of urea groups is 1. The summed E-state index contributed by atoms with van der Waals surface area (Å²) in [4.78, 5) is 26.8. The second kappa shape index (κ2) is 7.44. The lowest BCUT2D eigenvalue weighted by molar-refractivity contribution is -0.142. The van der Waals surface area contributed by atoms with Crippen LogP contribution in [0.2, 0.25) is 0 Å². The highest BCUT2D eigenvalue weighted by molar-refractivity contribution is 5.77. The average Bonchev–Trinajstić information content (AvgIpc) is 2.86. The number of hydrogen-bond donors (Lipinski definition) is 1. The Morgan fingerprint density at radius 3 is 2.55 bits per heavy atom. The van der Waals surface area contributed by atoms with E-state index in [4.69, 9.17) is 14.6 Å². The molecule has 2 unspecified atom stereocenters. The van der Waals surface area contributed by atoms with Crippen molar-refractivity contribution in [2.75, 3.05) is 40.5 Å². The van der Waals surface area contributed by atoms with Crippen molar-refractivity contribution < 1.29 is 24.2 Å². The lowest BCUT2D eigenvalue weighted by Crippen LogP contribution is -2.52. The largest absolute Gasteiger partial charge is 0.481 e. The molecule has 0 aromatic heterocycles. The monoisotopic (exact) mass is 288 g/mol. The maximum absolute atomic E-state index is 12.5. The minimum absolute atomic E-state index is 0.0192. The highest BCUT2D eigenvalue weighted by Gasteiger charge is 2.39. The molecule has 0 aromatic rings. The molecule has 0 aromatic carbocycles. The summed E-state index contributed by atoms with van der Waals surface area (Å²) in [6.07, 6.45) is 0. The van der Waals surface area contributed by atoms with Crippen molar-refractivity contribution in [2.24, 2.45) is 5.92 Å². The van der Waals surface area contributed by atoms with Gasteiger partial charge >= 0.3 is 12.0 Å². The number of likely N-dealkylation sites (N-methyl/N-ethyl adjacent to an activating group) is 1. The molecule has 0 radical (unpaired) electrons. The number of nitrogens with zero attached hydrogens (tertiary/aromatic N) is 2. The van der Waals surface area contributed by atoms with Gasteiger partial charge in [0, 0.05) is 26.7 Å². The van der Waals surface area contributed by atoms with Crippen molar-refractivity contribution in [3.05, 3.63) is 0 Å². The quantitative estimate of drug-likeness (QED) is 0.769. The van der Waals surface area contributed by atoms with Gasteiger partial charge in [-0.1, -0.05) is 0 Å². The molecule has 2 amide bonds. The lowest BCUT2D eigenvalue weighted by Gasteiger charge is -2.34. The molecule has 7 heteroatoms. The number of amides is 2. The van der Waals surface area contributed by atoms with Gasteiger partial charge in [0.15, 0.2) is 0 Å². The fourth-order valence-electron chi connectivity index (χ4n) is 2.27. The Hall–Kier alpha value is -1.34. The summed E-state index contributed by atoms with van der Waals surface area (Å²) < 4.78 is 10.2. The van der Waals surface area contributed by atoms with E-state index in [1.807, 2.05) is 13.8 Å². The third kappa shape index (κ3) is 3.83. The molecule has 1 heterocycles. The van der Waals surface area contributed by atoms with Gasteiger partial charge in [-0.25, -0.2) is 4.79 Å². The zero-order valence-corrected chi connectivity index (χ0v) is 12.5. The van der Waals surface area contributed by atoms with Gasteiger partial charge in [-0.3, -0.25) is 4.79 Å². The summed E-state index contributed by atoms with van der Waals surface area (Å²) in [5, 5.41) is 9.15. The topological polar surface area (TPSA) is 79.3 Å². The predicted molar refractivity (Wildman–Crippen MR) is 72.6 cm³/mol. The van der Waals surface area contributed by atoms with Crippen molar-refractivity contribution in [3.8, 4) is 0 Å². The molecule has 1 saturated heterocycles. The Labute approximate surface area is 119 Å². The molecule has 0 saturated carbocycles. The van der Waals surface area contributed by atoms with Crippen LogP contribution in [0.1, 0.15) is 13.8 Å². The highest BCUT2D eigenvalue weighted by atomic mass is 16.5. The SMILES string of the molecule is COCCN(C(=O)N(C)C1COCC1C(=O)O)C(C)C. The number of carbonyl (C=O) groups excluding carboxylic acids is 1. The van der Waals surface area contributed by atoms with Gasteiger partial charge in [-0.2, -0.15) is 0 Å². The van der Waals surface area contributed by atoms with Crippen LogP contribution in [0.5, 0.6) is 0 Å². The number of methoxy groups -OCH3 is 1. The normalized spacial score (nSPS) is 22.1. The minimum Gasteiger partial charge on any atom is -0.481 e. The molecule has 0 spiro atoms. The summed E-state index contributed by atoms with van der Waals surface area (Å²) >= 11 is 0. The third-order valence-electron chi connectivity index (χ3n) is 3.57. The molecule has 1 rings (SSSR count). The number of carbonyl (C=O) groups is 2. The molecule has 0 bridgehead atoms. The van der Waals surface area contributed by atoms with Crippen molar-refractivity contribution in [1.82, 2.24) is 9.80 Å². The number of carboxylic acids is 1. The van der Waals surface area contributed by atoms with Gasteiger partial charge in [-0.15, -0.1) is 0 Å². The Kier molecular flexibility index (Phi) is 6.22. The summed E-state index contributed by atoms with van der Waals surface area (Å²) in [6.45, 7) is 5.17. The molecule has 1 fully saturated rings. The van der Waals surface area contributed by atoms with Crippen LogP contribution in [0.25, 0.3) is 0 Å². The number of hydrogen-bond acceptors (Lipinski definition) is 4. The van der Waals surface area contributed by atoms with Gasteiger partial charge in [-0.05, 0) is 13.8 Å². The van der Waals surface area contributed by atoms with Crippen LogP contribution < -0.4 is 0 Å². The van der Waals surface area contributed by atoms with Crippen LogP contribution in [-0.2, 0) is 14.3 Å². The fourth-order valence-corrected chi connectivity index (χ4v) is 2.27. The first kappa shape index (κ1) is 16.7. The van der Waals surface area contributed by atoms with Gasteiger partial charge in [0.05, 0.1) is 25.9 Å². The van der Waals surface area contributed by atoms with Gasteiger partial charge in [0.25, 0.3) is 0 Å². The van der Waals surface area contributed by atoms with Crippen LogP contribution in [0, 0.1) is 5.92 Å². The van der Waals surface area contributed by atoms with E-state index in [0.717, 1.165) is 0 Å². The van der Waals surface area contributed by atoms with Gasteiger partial charge in [0.2, 0.25) is 0 Å². The smallest absolute Gasteiger partial charge is 0.320 e. The molecule has 1 aliphatic rings. The first-order chi connectivity index (χ1) is 9.40. The summed E-state index contributed by atoms with van der Waals surface area (Å²) in [5.74, 6) is -1.60. The molecule has 2 atom stereocenters. The number of aliphatic carboxylic acids is 1. The van der Waals surface area contributed by atoms with E-state index in [2.05, 4.69) is 0 Å². The molecule has 116 valence electrons. The van der Waals surface area contributed by atoms with Crippen molar-refractivity contribution >= 4 is 12.0 Å². The zero-order valence-electron chi connectivity index (χ0n) is 12.5. The summed E-state index contributed by atoms with van der Waals surface area (Å²) in [6, 6.07) is -0.603. The van der Waals surface area contributed by atoms with E-state index in [-0.39, 0.29) is 25.3 Å². The van der Waals surface area contributed by atoms with Gasteiger partial charge in [0.1, 0.15) is 5.92 Å². The second-order valence-electron chi connectivity index (χ2n) is 5.22. The third-order valence-corrected chi connectivity index (χ3v) is 3.57. The van der Waals surface area contributed by atoms with Gasteiger partial charge < -0.3 is 24.4 Å². The Bertz CT molecular complexity index is 348. The van der Waals surface area contributed by atoms with E-state index in [1.54, 1.807) is 19.1 Å². The Morgan fingerprint density at radius 2 is 2.05 bits per heavy atom. The Balaban J connectivity index is 2.75. The minimum atomic E-state index is -0.930. The first-order valence-electron chi connectivity index (χ1n) is 6.73. The molecular weight excluding hydrogens is 264 g/mol. The van der Waals surface area contributed by atoms with E-state index < -0.39 is 17.9 Å². The van der Waals surface area contributed by atoms with E-state index >= 15 is 0 Å². The van der Waals surface area contributed by atoms with Crippen LogP contribution in [-0.4, -0.2) is 79.5 Å². The molecule has 7 nitrogen and oxygen atoms in total. The summed E-state index contributed by atoms with van der Waals surface area (Å²) in [5.41, 5.74) is 0. The highest BCUT2D eigenvalue weighted by Crippen LogP contribution is 2.20. The zero-order chi connectivity index (χ0) is 15.3. The number of rotatable bonds is 6. The molecule has 1 N–H and O–H groups in total.